The number of hydrogen-bond donors (Lipinski definition) is 2. The van der Waals surface area contributed by atoms with E-state index in [2.05, 4.69) is 13.0 Å². The van der Waals surface area contributed by atoms with Gasteiger partial charge in [-0.25, -0.2) is 0 Å². The standard InChI is InChI=1S/C17H18O2/c1-2-3-15(14-6-10-17(19)11-7-14)12-13-4-8-16(18)9-5-13/h4-12,18-19H,2-3H2,1H3. The Hall–Kier alpha value is -2.22. The second-order valence-corrected chi connectivity index (χ2v) is 4.56. The first-order valence-electron chi connectivity index (χ1n) is 6.48. The number of allylic oxidation sites excluding steroid dienone is 1. The van der Waals surface area contributed by atoms with Crippen molar-refractivity contribution in [2.45, 2.75) is 19.8 Å². The van der Waals surface area contributed by atoms with Crippen LogP contribution in [0.15, 0.2) is 48.5 Å². The summed E-state index contributed by atoms with van der Waals surface area (Å²) in [4.78, 5) is 0. The summed E-state index contributed by atoms with van der Waals surface area (Å²) in [5.41, 5.74) is 3.41. The third kappa shape index (κ3) is 3.62. The van der Waals surface area contributed by atoms with Crippen molar-refractivity contribution in [2.75, 3.05) is 0 Å². The van der Waals surface area contributed by atoms with Gasteiger partial charge in [0.1, 0.15) is 11.5 Å². The Morgan fingerprint density at radius 1 is 0.895 bits per heavy atom. The van der Waals surface area contributed by atoms with Crippen molar-refractivity contribution < 1.29 is 10.2 Å². The van der Waals surface area contributed by atoms with Gasteiger partial charge in [0.15, 0.2) is 0 Å². The first kappa shape index (κ1) is 13.2. The van der Waals surface area contributed by atoms with Gasteiger partial charge in [0.05, 0.1) is 0 Å². The van der Waals surface area contributed by atoms with Crippen LogP contribution in [0.4, 0.5) is 0 Å². The number of phenolic OH excluding ortho intramolecular Hbond substituents is 2. The van der Waals surface area contributed by atoms with Crippen molar-refractivity contribution >= 4 is 11.6 Å². The molecule has 19 heavy (non-hydrogen) atoms. The van der Waals surface area contributed by atoms with E-state index in [0.29, 0.717) is 0 Å². The number of phenols is 2. The molecule has 0 unspecified atom stereocenters. The van der Waals surface area contributed by atoms with Crippen molar-refractivity contribution in [1.82, 2.24) is 0 Å². The molecule has 0 amide bonds. The zero-order chi connectivity index (χ0) is 13.7. The van der Waals surface area contributed by atoms with Crippen LogP contribution in [0.25, 0.3) is 11.6 Å². The zero-order valence-electron chi connectivity index (χ0n) is 11.0. The average molecular weight is 254 g/mol. The number of aromatic hydroxyl groups is 2. The Labute approximate surface area is 113 Å². The lowest BCUT2D eigenvalue weighted by Gasteiger charge is -2.07. The van der Waals surface area contributed by atoms with Crippen LogP contribution in [0.2, 0.25) is 0 Å². The number of hydrogen-bond acceptors (Lipinski definition) is 2. The van der Waals surface area contributed by atoms with E-state index in [-0.39, 0.29) is 11.5 Å². The van der Waals surface area contributed by atoms with Crippen molar-refractivity contribution in [3.63, 3.8) is 0 Å². The fourth-order valence-electron chi connectivity index (χ4n) is 2.02. The Morgan fingerprint density at radius 2 is 1.42 bits per heavy atom. The summed E-state index contributed by atoms with van der Waals surface area (Å²) < 4.78 is 0. The van der Waals surface area contributed by atoms with Crippen molar-refractivity contribution in [3.05, 3.63) is 59.7 Å². The van der Waals surface area contributed by atoms with E-state index >= 15 is 0 Å². The van der Waals surface area contributed by atoms with Gasteiger partial charge < -0.3 is 10.2 Å². The average Bonchev–Trinajstić information content (AvgIpc) is 2.42. The van der Waals surface area contributed by atoms with Crippen molar-refractivity contribution in [1.29, 1.82) is 0 Å². The highest BCUT2D eigenvalue weighted by Gasteiger charge is 2.02. The summed E-state index contributed by atoms with van der Waals surface area (Å²) in [5.74, 6) is 0.558. The molecule has 2 N–H and O–H groups in total. The summed E-state index contributed by atoms with van der Waals surface area (Å²) in [5, 5.41) is 18.6. The molecule has 2 rings (SSSR count). The van der Waals surface area contributed by atoms with Crippen LogP contribution >= 0.6 is 0 Å². The Balaban J connectivity index is 2.33. The molecule has 2 heteroatoms. The number of benzene rings is 2. The molecule has 2 aromatic carbocycles. The van der Waals surface area contributed by atoms with Gasteiger partial charge >= 0.3 is 0 Å². The van der Waals surface area contributed by atoms with Crippen LogP contribution in [-0.4, -0.2) is 10.2 Å². The maximum absolute atomic E-state index is 9.34. The van der Waals surface area contributed by atoms with E-state index in [1.807, 2.05) is 24.3 Å². The van der Waals surface area contributed by atoms with E-state index in [0.717, 1.165) is 24.0 Å². The lowest BCUT2D eigenvalue weighted by molar-refractivity contribution is 0.474. The largest absolute Gasteiger partial charge is 0.508 e. The molecule has 0 aromatic heterocycles. The van der Waals surface area contributed by atoms with Crippen LogP contribution in [-0.2, 0) is 0 Å². The van der Waals surface area contributed by atoms with Gasteiger partial charge in [-0.3, -0.25) is 0 Å². The molecule has 0 saturated heterocycles. The van der Waals surface area contributed by atoms with Gasteiger partial charge in [-0.1, -0.05) is 43.7 Å². The third-order valence-electron chi connectivity index (χ3n) is 2.99. The second-order valence-electron chi connectivity index (χ2n) is 4.56. The molecule has 98 valence electrons. The minimum absolute atomic E-state index is 0.277. The molecule has 2 nitrogen and oxygen atoms in total. The van der Waals surface area contributed by atoms with Gasteiger partial charge in [-0.2, -0.15) is 0 Å². The fraction of sp³-hybridized carbons (Fsp3) is 0.176. The maximum Gasteiger partial charge on any atom is 0.115 e. The van der Waals surface area contributed by atoms with Gasteiger partial charge in [0.2, 0.25) is 0 Å². The van der Waals surface area contributed by atoms with Gasteiger partial charge in [0.25, 0.3) is 0 Å². The lowest BCUT2D eigenvalue weighted by atomic mass is 9.98. The molecule has 0 fully saturated rings. The normalized spacial score (nSPS) is 11.5. The molecule has 0 spiro atoms. The molecule has 0 aliphatic carbocycles. The van der Waals surface area contributed by atoms with E-state index in [1.54, 1.807) is 24.3 Å². The molecule has 0 aliphatic rings. The van der Waals surface area contributed by atoms with Crippen LogP contribution < -0.4 is 0 Å². The highest BCUT2D eigenvalue weighted by Crippen LogP contribution is 2.25. The van der Waals surface area contributed by atoms with Gasteiger partial charge in [-0.15, -0.1) is 0 Å². The quantitative estimate of drug-likeness (QED) is 0.792. The molecule has 0 bridgehead atoms. The molecule has 0 aliphatic heterocycles. The third-order valence-corrected chi connectivity index (χ3v) is 2.99. The molecule has 2 aromatic rings. The Morgan fingerprint density at radius 3 is 1.95 bits per heavy atom. The number of rotatable bonds is 4. The molecule has 0 heterocycles. The van der Waals surface area contributed by atoms with Crippen LogP contribution in [0.1, 0.15) is 30.9 Å². The predicted octanol–water partition coefficient (Wildman–Crippen LogP) is 4.44. The zero-order valence-corrected chi connectivity index (χ0v) is 11.0. The first-order valence-corrected chi connectivity index (χ1v) is 6.48. The highest BCUT2D eigenvalue weighted by atomic mass is 16.3. The molecular weight excluding hydrogens is 236 g/mol. The van der Waals surface area contributed by atoms with E-state index < -0.39 is 0 Å². The van der Waals surface area contributed by atoms with Crippen LogP contribution in [0, 0.1) is 0 Å². The van der Waals surface area contributed by atoms with E-state index in [4.69, 9.17) is 0 Å². The van der Waals surface area contributed by atoms with Gasteiger partial charge in [-0.05, 0) is 47.4 Å². The van der Waals surface area contributed by atoms with E-state index in [9.17, 15) is 10.2 Å². The Bertz CT molecular complexity index is 551. The topological polar surface area (TPSA) is 40.5 Å². The SMILES string of the molecule is CCCC(=Cc1ccc(O)cc1)c1ccc(O)cc1. The fourth-order valence-corrected chi connectivity index (χ4v) is 2.02. The summed E-state index contributed by atoms with van der Waals surface area (Å²) in [7, 11) is 0. The monoisotopic (exact) mass is 254 g/mol. The summed E-state index contributed by atoms with van der Waals surface area (Å²) in [6, 6.07) is 14.4. The molecular formula is C17H18O2. The molecule has 0 saturated carbocycles. The van der Waals surface area contributed by atoms with Crippen molar-refractivity contribution in [3.8, 4) is 11.5 Å². The lowest BCUT2D eigenvalue weighted by Crippen LogP contribution is -1.85. The first-order chi connectivity index (χ1) is 9.19. The summed E-state index contributed by atoms with van der Waals surface area (Å²) in [6.07, 6.45) is 4.16. The van der Waals surface area contributed by atoms with Crippen LogP contribution in [0.5, 0.6) is 11.5 Å². The smallest absolute Gasteiger partial charge is 0.115 e. The maximum atomic E-state index is 9.34. The highest BCUT2D eigenvalue weighted by molar-refractivity contribution is 5.81. The summed E-state index contributed by atoms with van der Waals surface area (Å²) >= 11 is 0. The Kier molecular flexibility index (Phi) is 4.24. The van der Waals surface area contributed by atoms with E-state index in [1.165, 1.54) is 5.57 Å². The minimum atomic E-state index is 0.277. The second kappa shape index (κ2) is 6.10. The van der Waals surface area contributed by atoms with Gasteiger partial charge in [0, 0.05) is 0 Å². The molecule has 0 atom stereocenters. The van der Waals surface area contributed by atoms with Crippen LogP contribution in [0.3, 0.4) is 0 Å². The van der Waals surface area contributed by atoms with Crippen molar-refractivity contribution in [2.24, 2.45) is 0 Å². The summed E-state index contributed by atoms with van der Waals surface area (Å²) in [6.45, 7) is 2.14. The molecule has 0 radical (unpaired) electrons. The minimum Gasteiger partial charge on any atom is -0.508 e. The predicted molar refractivity (Wildman–Crippen MR) is 79.0 cm³/mol.